The fraction of sp³-hybridized carbons (Fsp3) is 0.316. The zero-order valence-corrected chi connectivity index (χ0v) is 16.0. The van der Waals surface area contributed by atoms with E-state index >= 15 is 0 Å². The summed E-state index contributed by atoms with van der Waals surface area (Å²) in [5.41, 5.74) is 6.93. The second-order valence-electron chi connectivity index (χ2n) is 6.38. The molecule has 1 amide bonds. The van der Waals surface area contributed by atoms with Gasteiger partial charge in [0.1, 0.15) is 0 Å². The first-order valence-electron chi connectivity index (χ1n) is 8.38. The Morgan fingerprint density at radius 1 is 1.08 bits per heavy atom. The van der Waals surface area contributed by atoms with Crippen molar-refractivity contribution in [2.24, 2.45) is 5.73 Å². The molecule has 2 aromatic carbocycles. The van der Waals surface area contributed by atoms with Crippen molar-refractivity contribution in [1.29, 1.82) is 0 Å². The maximum atomic E-state index is 12.9. The van der Waals surface area contributed by atoms with Gasteiger partial charge in [0.2, 0.25) is 0 Å². The van der Waals surface area contributed by atoms with E-state index in [9.17, 15) is 13.2 Å². The van der Waals surface area contributed by atoms with Gasteiger partial charge in [0, 0.05) is 24.7 Å². The number of carbonyl (C=O) groups excluding carboxylic acids is 1. The maximum absolute atomic E-state index is 12.9. The van der Waals surface area contributed by atoms with Gasteiger partial charge in [-0.2, -0.15) is 0 Å². The molecule has 140 valence electrons. The summed E-state index contributed by atoms with van der Waals surface area (Å²) in [5.74, 6) is -0.340. The Labute approximate surface area is 160 Å². The molecule has 0 radical (unpaired) electrons. The molecule has 1 atom stereocenters. The van der Waals surface area contributed by atoms with Crippen molar-refractivity contribution in [2.75, 3.05) is 13.1 Å². The van der Waals surface area contributed by atoms with E-state index in [1.54, 1.807) is 59.5 Å². The molecule has 7 heteroatoms. The first-order valence-corrected chi connectivity index (χ1v) is 10.0. The number of carbonyl (C=O) groups is 1. The third-order valence-corrected chi connectivity index (χ3v) is 6.12. The molecule has 2 N–H and O–H groups in total. The van der Waals surface area contributed by atoms with Crippen molar-refractivity contribution < 1.29 is 13.2 Å². The lowest BCUT2D eigenvalue weighted by Crippen LogP contribution is -2.45. The minimum Gasteiger partial charge on any atom is -0.337 e. The van der Waals surface area contributed by atoms with Crippen molar-refractivity contribution in [3.63, 3.8) is 0 Å². The molecule has 1 saturated heterocycles. The summed E-state index contributed by atoms with van der Waals surface area (Å²) >= 11 is 0. The van der Waals surface area contributed by atoms with Gasteiger partial charge in [-0.3, -0.25) is 4.79 Å². The molecule has 1 heterocycles. The van der Waals surface area contributed by atoms with Crippen LogP contribution in [-0.4, -0.2) is 38.4 Å². The van der Waals surface area contributed by atoms with Gasteiger partial charge in [0.25, 0.3) is 5.91 Å². The quantitative estimate of drug-likeness (QED) is 0.864. The molecule has 1 unspecified atom stereocenters. The number of halogens is 1. The van der Waals surface area contributed by atoms with Crippen LogP contribution in [0, 0.1) is 0 Å². The average Bonchev–Trinajstić information content (AvgIpc) is 2.62. The molecule has 0 saturated carbocycles. The van der Waals surface area contributed by atoms with E-state index in [1.165, 1.54) is 0 Å². The second-order valence-corrected chi connectivity index (χ2v) is 8.37. The largest absolute Gasteiger partial charge is 0.337 e. The number of piperidine rings is 1. The number of hydrogen-bond acceptors (Lipinski definition) is 4. The van der Waals surface area contributed by atoms with Gasteiger partial charge in [-0.1, -0.05) is 36.4 Å². The average molecular weight is 395 g/mol. The number of rotatable bonds is 4. The first-order chi connectivity index (χ1) is 12.0. The number of nitrogens with zero attached hydrogens (tertiary/aromatic N) is 1. The van der Waals surface area contributed by atoms with Crippen LogP contribution in [0.5, 0.6) is 0 Å². The molecular weight excluding hydrogens is 372 g/mol. The standard InChI is InChI=1S/C19H22N2O3S.ClH/c20-16-8-6-12-21(13-16)19(22)18-11-5-4-7-15(18)14-25(23,24)17-9-2-1-3-10-17;/h1-5,7,9-11,16H,6,8,12-14,20H2;1H. The number of hydrogen-bond donors (Lipinski definition) is 1. The van der Waals surface area contributed by atoms with Crippen LogP contribution >= 0.6 is 12.4 Å². The normalized spacial score (nSPS) is 17.4. The monoisotopic (exact) mass is 394 g/mol. The van der Waals surface area contributed by atoms with Gasteiger partial charge in [-0.05, 0) is 36.6 Å². The fourth-order valence-electron chi connectivity index (χ4n) is 3.14. The Balaban J connectivity index is 0.00000243. The minimum atomic E-state index is -3.51. The number of sulfone groups is 1. The van der Waals surface area contributed by atoms with Crippen LogP contribution in [0.3, 0.4) is 0 Å². The first kappa shape index (κ1) is 20.4. The van der Waals surface area contributed by atoms with Crippen molar-refractivity contribution in [3.05, 3.63) is 65.7 Å². The topological polar surface area (TPSA) is 80.5 Å². The zero-order valence-electron chi connectivity index (χ0n) is 14.4. The fourth-order valence-corrected chi connectivity index (χ4v) is 4.54. The van der Waals surface area contributed by atoms with E-state index in [0.29, 0.717) is 24.2 Å². The lowest BCUT2D eigenvalue weighted by molar-refractivity contribution is 0.0708. The van der Waals surface area contributed by atoms with Crippen molar-refractivity contribution in [2.45, 2.75) is 29.5 Å². The summed E-state index contributed by atoms with van der Waals surface area (Å²) in [7, 11) is -3.51. The van der Waals surface area contributed by atoms with Gasteiger partial charge in [-0.15, -0.1) is 12.4 Å². The highest BCUT2D eigenvalue weighted by atomic mass is 35.5. The second kappa shape index (κ2) is 8.66. The van der Waals surface area contributed by atoms with Crippen LogP contribution in [-0.2, 0) is 15.6 Å². The molecule has 3 rings (SSSR count). The molecular formula is C19H23ClN2O3S. The summed E-state index contributed by atoms with van der Waals surface area (Å²) in [6.07, 6.45) is 1.78. The highest BCUT2D eigenvalue weighted by Crippen LogP contribution is 2.21. The number of nitrogens with two attached hydrogens (primary N) is 1. The summed E-state index contributed by atoms with van der Waals surface area (Å²) in [6.45, 7) is 1.17. The highest BCUT2D eigenvalue weighted by Gasteiger charge is 2.25. The van der Waals surface area contributed by atoms with E-state index in [-0.39, 0.29) is 35.0 Å². The zero-order chi connectivity index (χ0) is 17.9. The van der Waals surface area contributed by atoms with Gasteiger partial charge in [0.15, 0.2) is 9.84 Å². The Hall–Kier alpha value is -1.89. The molecule has 2 aromatic rings. The molecule has 1 aliphatic rings. The summed E-state index contributed by atoms with van der Waals surface area (Å²) in [5, 5.41) is 0. The lowest BCUT2D eigenvalue weighted by atomic mass is 10.0. The number of amides is 1. The summed E-state index contributed by atoms with van der Waals surface area (Å²) in [4.78, 5) is 14.8. The molecule has 5 nitrogen and oxygen atoms in total. The van der Waals surface area contributed by atoms with Crippen LogP contribution in [0.4, 0.5) is 0 Å². The minimum absolute atomic E-state index is 0. The SMILES string of the molecule is Cl.NC1CCCN(C(=O)c2ccccc2CS(=O)(=O)c2ccccc2)C1. The van der Waals surface area contributed by atoms with Gasteiger partial charge in [-0.25, -0.2) is 8.42 Å². The number of likely N-dealkylation sites (tertiary alicyclic amines) is 1. The van der Waals surface area contributed by atoms with Crippen LogP contribution in [0.25, 0.3) is 0 Å². The third-order valence-electron chi connectivity index (χ3n) is 4.44. The van der Waals surface area contributed by atoms with Gasteiger partial charge < -0.3 is 10.6 Å². The van der Waals surface area contributed by atoms with Crippen molar-refractivity contribution in [1.82, 2.24) is 4.90 Å². The third kappa shape index (κ3) is 4.63. The van der Waals surface area contributed by atoms with E-state index in [0.717, 1.165) is 12.8 Å². The molecule has 1 fully saturated rings. The molecule has 0 aliphatic carbocycles. The Morgan fingerprint density at radius 2 is 1.73 bits per heavy atom. The van der Waals surface area contributed by atoms with Crippen LogP contribution < -0.4 is 5.73 Å². The highest BCUT2D eigenvalue weighted by molar-refractivity contribution is 7.90. The van der Waals surface area contributed by atoms with E-state index < -0.39 is 9.84 Å². The molecule has 1 aliphatic heterocycles. The smallest absolute Gasteiger partial charge is 0.254 e. The number of benzene rings is 2. The van der Waals surface area contributed by atoms with Gasteiger partial charge >= 0.3 is 0 Å². The van der Waals surface area contributed by atoms with E-state index in [2.05, 4.69) is 0 Å². The molecule has 0 bridgehead atoms. The van der Waals surface area contributed by atoms with E-state index in [4.69, 9.17) is 5.73 Å². The Morgan fingerprint density at radius 3 is 2.42 bits per heavy atom. The van der Waals surface area contributed by atoms with Crippen molar-refractivity contribution in [3.8, 4) is 0 Å². The van der Waals surface area contributed by atoms with Gasteiger partial charge in [0.05, 0.1) is 10.6 Å². The van der Waals surface area contributed by atoms with Crippen molar-refractivity contribution >= 4 is 28.2 Å². The molecule has 26 heavy (non-hydrogen) atoms. The summed E-state index contributed by atoms with van der Waals surface area (Å²) in [6, 6.07) is 15.2. The Kier molecular flexibility index (Phi) is 6.81. The predicted octanol–water partition coefficient (Wildman–Crippen LogP) is 2.65. The lowest BCUT2D eigenvalue weighted by Gasteiger charge is -2.31. The molecule has 0 aromatic heterocycles. The van der Waals surface area contributed by atoms with E-state index in [1.807, 2.05) is 0 Å². The molecule has 0 spiro atoms. The summed E-state index contributed by atoms with van der Waals surface area (Å²) < 4.78 is 25.3. The predicted molar refractivity (Wildman–Crippen MR) is 104 cm³/mol. The Bertz CT molecular complexity index is 856. The van der Waals surface area contributed by atoms with Crippen LogP contribution in [0.1, 0.15) is 28.8 Å². The maximum Gasteiger partial charge on any atom is 0.254 e. The van der Waals surface area contributed by atoms with Crippen LogP contribution in [0.2, 0.25) is 0 Å². The van der Waals surface area contributed by atoms with Crippen LogP contribution in [0.15, 0.2) is 59.5 Å².